The molecular formula is C20H24ClN5O2. The number of carbonyl (C=O) groups is 1. The fraction of sp³-hybridized carbons (Fsp3) is 0.400. The Bertz CT molecular complexity index is 955. The molecule has 0 aliphatic heterocycles. The molecule has 1 aromatic carbocycles. The molecule has 0 saturated carbocycles. The van der Waals surface area contributed by atoms with Crippen molar-refractivity contribution in [2.24, 2.45) is 0 Å². The highest BCUT2D eigenvalue weighted by atomic mass is 35.5. The van der Waals surface area contributed by atoms with Crippen LogP contribution in [0.4, 0.5) is 0 Å². The van der Waals surface area contributed by atoms with E-state index >= 15 is 0 Å². The Morgan fingerprint density at radius 2 is 2.00 bits per heavy atom. The van der Waals surface area contributed by atoms with Crippen LogP contribution < -0.4 is 4.74 Å². The van der Waals surface area contributed by atoms with E-state index in [2.05, 4.69) is 15.1 Å². The Labute approximate surface area is 169 Å². The number of carbonyl (C=O) groups excluding carboxylic acids is 1. The minimum Gasteiger partial charge on any atom is -0.494 e. The van der Waals surface area contributed by atoms with Crippen LogP contribution in [0.2, 0.25) is 5.02 Å². The minimum absolute atomic E-state index is 0.101. The van der Waals surface area contributed by atoms with Crippen LogP contribution in [0, 0.1) is 13.8 Å². The summed E-state index contributed by atoms with van der Waals surface area (Å²) < 4.78 is 7.38. The van der Waals surface area contributed by atoms with E-state index in [-0.39, 0.29) is 5.91 Å². The van der Waals surface area contributed by atoms with Gasteiger partial charge < -0.3 is 9.64 Å². The summed E-state index contributed by atoms with van der Waals surface area (Å²) in [5.41, 5.74) is 2.92. The number of rotatable bonds is 8. The number of aryl methyl sites for hydroxylation is 2. The van der Waals surface area contributed by atoms with Crippen LogP contribution in [0.15, 0.2) is 30.6 Å². The van der Waals surface area contributed by atoms with E-state index in [1.54, 1.807) is 21.5 Å². The first kappa shape index (κ1) is 20.1. The maximum atomic E-state index is 12.5. The van der Waals surface area contributed by atoms with Crippen molar-refractivity contribution in [2.75, 3.05) is 20.2 Å². The summed E-state index contributed by atoms with van der Waals surface area (Å²) in [5.74, 6) is 1.46. The largest absolute Gasteiger partial charge is 0.494 e. The van der Waals surface area contributed by atoms with Gasteiger partial charge in [0, 0.05) is 36.4 Å². The molecule has 2 heterocycles. The van der Waals surface area contributed by atoms with Gasteiger partial charge in [-0.1, -0.05) is 11.6 Å². The van der Waals surface area contributed by atoms with Crippen LogP contribution in [-0.4, -0.2) is 50.6 Å². The van der Waals surface area contributed by atoms with Gasteiger partial charge in [0.25, 0.3) is 5.78 Å². The Kier molecular flexibility index (Phi) is 6.46. The number of benzene rings is 1. The Morgan fingerprint density at radius 3 is 2.75 bits per heavy atom. The molecule has 0 spiro atoms. The first-order chi connectivity index (χ1) is 13.5. The fourth-order valence-corrected chi connectivity index (χ4v) is 3.21. The molecule has 0 fully saturated rings. The highest BCUT2D eigenvalue weighted by Crippen LogP contribution is 2.16. The molecule has 0 aliphatic rings. The van der Waals surface area contributed by atoms with Crippen molar-refractivity contribution >= 4 is 23.3 Å². The average Bonchev–Trinajstić information content (AvgIpc) is 3.14. The van der Waals surface area contributed by atoms with Crippen LogP contribution in [0.5, 0.6) is 5.75 Å². The smallest absolute Gasteiger partial charge is 0.252 e. The number of hydrogen-bond acceptors (Lipinski definition) is 5. The molecule has 1 amide bonds. The number of amides is 1. The van der Waals surface area contributed by atoms with E-state index in [0.717, 1.165) is 29.1 Å². The van der Waals surface area contributed by atoms with Crippen molar-refractivity contribution in [3.63, 3.8) is 0 Å². The topological polar surface area (TPSA) is 72.6 Å². The van der Waals surface area contributed by atoms with Crippen LogP contribution in [-0.2, 0) is 11.2 Å². The van der Waals surface area contributed by atoms with Gasteiger partial charge in [0.05, 0.1) is 6.61 Å². The van der Waals surface area contributed by atoms with Crippen LogP contribution in [0.1, 0.15) is 29.8 Å². The monoisotopic (exact) mass is 401 g/mol. The number of fused-ring (bicyclic) bond motifs is 1. The molecule has 0 N–H and O–H groups in total. The molecule has 0 radical (unpaired) electrons. The number of halogens is 1. The van der Waals surface area contributed by atoms with Crippen molar-refractivity contribution < 1.29 is 9.53 Å². The van der Waals surface area contributed by atoms with Gasteiger partial charge in [0.1, 0.15) is 12.1 Å². The molecule has 8 heteroatoms. The van der Waals surface area contributed by atoms with Crippen molar-refractivity contribution in [3.8, 4) is 5.75 Å². The average molecular weight is 402 g/mol. The van der Waals surface area contributed by atoms with E-state index in [1.165, 1.54) is 6.33 Å². The molecule has 0 bridgehead atoms. The minimum atomic E-state index is 0.101. The predicted octanol–water partition coefficient (Wildman–Crippen LogP) is 3.25. The van der Waals surface area contributed by atoms with Crippen LogP contribution in [0.3, 0.4) is 0 Å². The van der Waals surface area contributed by atoms with E-state index in [9.17, 15) is 4.79 Å². The van der Waals surface area contributed by atoms with Crippen molar-refractivity contribution in [1.29, 1.82) is 0 Å². The molecule has 2 aromatic heterocycles. The second-order valence-corrected chi connectivity index (χ2v) is 7.14. The fourth-order valence-electron chi connectivity index (χ4n) is 3.09. The van der Waals surface area contributed by atoms with Gasteiger partial charge in [-0.2, -0.15) is 10.1 Å². The maximum Gasteiger partial charge on any atom is 0.252 e. The van der Waals surface area contributed by atoms with Crippen LogP contribution in [0.25, 0.3) is 5.78 Å². The molecule has 0 saturated heterocycles. The highest BCUT2D eigenvalue weighted by molar-refractivity contribution is 6.30. The van der Waals surface area contributed by atoms with E-state index in [4.69, 9.17) is 16.3 Å². The van der Waals surface area contributed by atoms with E-state index in [0.29, 0.717) is 36.8 Å². The summed E-state index contributed by atoms with van der Waals surface area (Å²) >= 11 is 5.85. The van der Waals surface area contributed by atoms with Gasteiger partial charge in [-0.15, -0.1) is 0 Å². The lowest BCUT2D eigenvalue weighted by molar-refractivity contribution is -0.129. The first-order valence-corrected chi connectivity index (χ1v) is 9.61. The number of nitrogens with zero attached hydrogens (tertiary/aromatic N) is 5. The van der Waals surface area contributed by atoms with Gasteiger partial charge in [-0.3, -0.25) is 4.79 Å². The lowest BCUT2D eigenvalue weighted by atomic mass is 10.1. The van der Waals surface area contributed by atoms with Crippen molar-refractivity contribution in [2.45, 2.75) is 33.1 Å². The standard InChI is InChI=1S/C20H24ClN5O2/c1-14-18(15(2)26-20(24-14)22-13-23-26)9-10-19(27)25(3)11-4-12-28-17-7-5-16(21)6-8-17/h5-8,13H,4,9-12H2,1-3H3. The Balaban J connectivity index is 1.46. The molecule has 3 rings (SSSR count). The number of aromatic nitrogens is 4. The lowest BCUT2D eigenvalue weighted by Gasteiger charge is -2.18. The van der Waals surface area contributed by atoms with Gasteiger partial charge >= 0.3 is 0 Å². The number of ether oxygens (including phenoxy) is 1. The normalized spacial score (nSPS) is 11.0. The van der Waals surface area contributed by atoms with Crippen molar-refractivity contribution in [1.82, 2.24) is 24.5 Å². The van der Waals surface area contributed by atoms with E-state index < -0.39 is 0 Å². The second kappa shape index (κ2) is 9.01. The summed E-state index contributed by atoms with van der Waals surface area (Å²) in [6.07, 6.45) is 3.31. The predicted molar refractivity (Wildman–Crippen MR) is 108 cm³/mol. The van der Waals surface area contributed by atoms with Gasteiger partial charge in [0.2, 0.25) is 5.91 Å². The molecular weight excluding hydrogens is 378 g/mol. The molecule has 0 unspecified atom stereocenters. The van der Waals surface area contributed by atoms with Gasteiger partial charge in [0.15, 0.2) is 0 Å². The summed E-state index contributed by atoms with van der Waals surface area (Å²) in [6, 6.07) is 7.26. The highest BCUT2D eigenvalue weighted by Gasteiger charge is 2.14. The molecule has 3 aromatic rings. The zero-order valence-electron chi connectivity index (χ0n) is 16.4. The Hall–Kier alpha value is -2.67. The number of hydrogen-bond donors (Lipinski definition) is 0. The maximum absolute atomic E-state index is 12.5. The molecule has 7 nitrogen and oxygen atoms in total. The third-order valence-corrected chi connectivity index (χ3v) is 4.98. The Morgan fingerprint density at radius 1 is 1.25 bits per heavy atom. The summed E-state index contributed by atoms with van der Waals surface area (Å²) in [5, 5.41) is 4.87. The van der Waals surface area contributed by atoms with E-state index in [1.807, 2.05) is 33.0 Å². The third kappa shape index (κ3) is 4.78. The lowest BCUT2D eigenvalue weighted by Crippen LogP contribution is -2.29. The molecule has 148 valence electrons. The molecule has 0 aliphatic carbocycles. The molecule has 0 atom stereocenters. The van der Waals surface area contributed by atoms with Crippen LogP contribution >= 0.6 is 11.6 Å². The van der Waals surface area contributed by atoms with Crippen molar-refractivity contribution in [3.05, 3.63) is 52.6 Å². The summed E-state index contributed by atoms with van der Waals surface area (Å²) in [7, 11) is 1.82. The SMILES string of the molecule is Cc1nc2ncnn2c(C)c1CCC(=O)N(C)CCCOc1ccc(Cl)cc1. The zero-order valence-corrected chi connectivity index (χ0v) is 17.1. The second-order valence-electron chi connectivity index (χ2n) is 6.70. The zero-order chi connectivity index (χ0) is 20.1. The summed E-state index contributed by atoms with van der Waals surface area (Å²) in [4.78, 5) is 22.8. The first-order valence-electron chi connectivity index (χ1n) is 9.24. The quantitative estimate of drug-likeness (QED) is 0.542. The third-order valence-electron chi connectivity index (χ3n) is 4.72. The summed E-state index contributed by atoms with van der Waals surface area (Å²) in [6.45, 7) is 5.11. The molecule has 28 heavy (non-hydrogen) atoms. The van der Waals surface area contributed by atoms with Gasteiger partial charge in [-0.05, 0) is 56.5 Å². The van der Waals surface area contributed by atoms with Gasteiger partial charge in [-0.25, -0.2) is 9.50 Å².